The molecular weight excluding hydrogens is 226 g/mol. The zero-order valence-corrected chi connectivity index (χ0v) is 11.1. The van der Waals surface area contributed by atoms with E-state index in [4.69, 9.17) is 5.73 Å². The summed E-state index contributed by atoms with van der Waals surface area (Å²) in [6.07, 6.45) is 3.92. The predicted molar refractivity (Wildman–Crippen MR) is 71.3 cm³/mol. The van der Waals surface area contributed by atoms with Crippen LogP contribution in [0.2, 0.25) is 0 Å². The maximum Gasteiger partial charge on any atom is 0.255 e. The molecule has 2 atom stereocenters. The minimum absolute atomic E-state index is 0.0719. The summed E-state index contributed by atoms with van der Waals surface area (Å²) in [4.78, 5) is 18.7. The Bertz CT molecular complexity index is 433. The average Bonchev–Trinajstić information content (AvgIpc) is 2.38. The van der Waals surface area contributed by atoms with E-state index in [2.05, 4.69) is 11.9 Å². The van der Waals surface area contributed by atoms with Crippen molar-refractivity contribution >= 4 is 5.91 Å². The van der Waals surface area contributed by atoms with Crippen LogP contribution in [0.4, 0.5) is 0 Å². The number of pyridine rings is 1. The maximum atomic E-state index is 12.6. The fraction of sp³-hybridized carbons (Fsp3) is 0.571. The molecule has 0 bridgehead atoms. The van der Waals surface area contributed by atoms with Gasteiger partial charge in [0.05, 0.1) is 5.56 Å². The molecule has 1 aliphatic rings. The Balaban J connectivity index is 2.25. The molecule has 0 saturated carbocycles. The van der Waals surface area contributed by atoms with Gasteiger partial charge in [-0.05, 0) is 37.8 Å². The number of carbonyl (C=O) groups excluding carboxylic acids is 1. The SMILES string of the molecule is Cc1ncccc1C(=O)N1CCCC(C)C1CN. The van der Waals surface area contributed by atoms with E-state index in [1.54, 1.807) is 6.20 Å². The molecule has 1 aromatic heterocycles. The van der Waals surface area contributed by atoms with Crippen LogP contribution in [0, 0.1) is 12.8 Å². The molecule has 1 fully saturated rings. The Labute approximate surface area is 108 Å². The molecule has 2 heterocycles. The fourth-order valence-electron chi connectivity index (χ4n) is 2.73. The summed E-state index contributed by atoms with van der Waals surface area (Å²) in [6.45, 7) is 5.39. The lowest BCUT2D eigenvalue weighted by Gasteiger charge is -2.39. The van der Waals surface area contributed by atoms with Crippen LogP contribution in [0.15, 0.2) is 18.3 Å². The number of hydrogen-bond donors (Lipinski definition) is 1. The van der Waals surface area contributed by atoms with Crippen LogP contribution in [0.1, 0.15) is 35.8 Å². The van der Waals surface area contributed by atoms with E-state index >= 15 is 0 Å². The van der Waals surface area contributed by atoms with Crippen molar-refractivity contribution in [3.8, 4) is 0 Å². The van der Waals surface area contributed by atoms with Gasteiger partial charge in [0.15, 0.2) is 0 Å². The number of nitrogens with zero attached hydrogens (tertiary/aromatic N) is 2. The lowest BCUT2D eigenvalue weighted by atomic mass is 9.90. The highest BCUT2D eigenvalue weighted by molar-refractivity contribution is 5.95. The molecule has 18 heavy (non-hydrogen) atoms. The molecule has 4 nitrogen and oxygen atoms in total. The number of nitrogens with two attached hydrogens (primary N) is 1. The second kappa shape index (κ2) is 5.48. The third kappa shape index (κ3) is 2.38. The van der Waals surface area contributed by atoms with Gasteiger partial charge in [-0.3, -0.25) is 9.78 Å². The van der Waals surface area contributed by atoms with Gasteiger partial charge in [-0.1, -0.05) is 6.92 Å². The molecule has 0 aromatic carbocycles. The van der Waals surface area contributed by atoms with Gasteiger partial charge in [-0.2, -0.15) is 0 Å². The standard InChI is InChI=1S/C14H21N3O/c1-10-5-4-8-17(13(10)9-15)14(18)12-6-3-7-16-11(12)2/h3,6-7,10,13H,4-5,8-9,15H2,1-2H3. The average molecular weight is 247 g/mol. The monoisotopic (exact) mass is 247 g/mol. The summed E-state index contributed by atoms with van der Waals surface area (Å²) in [5, 5.41) is 0. The van der Waals surface area contributed by atoms with Gasteiger partial charge < -0.3 is 10.6 Å². The van der Waals surface area contributed by atoms with Crippen molar-refractivity contribution < 1.29 is 4.79 Å². The quantitative estimate of drug-likeness (QED) is 0.863. The molecule has 4 heteroatoms. The van der Waals surface area contributed by atoms with Crippen molar-refractivity contribution in [3.05, 3.63) is 29.6 Å². The molecule has 98 valence electrons. The second-order valence-corrected chi connectivity index (χ2v) is 5.06. The lowest BCUT2D eigenvalue weighted by Crippen LogP contribution is -2.51. The molecular formula is C14H21N3O. The van der Waals surface area contributed by atoms with Gasteiger partial charge >= 0.3 is 0 Å². The Kier molecular flexibility index (Phi) is 3.97. The van der Waals surface area contributed by atoms with Crippen molar-refractivity contribution in [2.24, 2.45) is 11.7 Å². The van der Waals surface area contributed by atoms with Crippen LogP contribution >= 0.6 is 0 Å². The predicted octanol–water partition coefficient (Wildman–Crippen LogP) is 1.59. The van der Waals surface area contributed by atoms with Gasteiger partial charge in [0.1, 0.15) is 0 Å². The zero-order chi connectivity index (χ0) is 13.1. The molecule has 1 amide bonds. The first-order valence-corrected chi connectivity index (χ1v) is 6.57. The summed E-state index contributed by atoms with van der Waals surface area (Å²) in [5.41, 5.74) is 7.32. The number of aromatic nitrogens is 1. The van der Waals surface area contributed by atoms with E-state index in [0.717, 1.165) is 25.1 Å². The Morgan fingerprint density at radius 3 is 3.06 bits per heavy atom. The zero-order valence-electron chi connectivity index (χ0n) is 11.1. The topological polar surface area (TPSA) is 59.2 Å². The molecule has 1 aromatic rings. The lowest BCUT2D eigenvalue weighted by molar-refractivity contribution is 0.0531. The molecule has 2 unspecified atom stereocenters. The second-order valence-electron chi connectivity index (χ2n) is 5.06. The van der Waals surface area contributed by atoms with Crippen LogP contribution in [0.5, 0.6) is 0 Å². The van der Waals surface area contributed by atoms with Crippen molar-refractivity contribution in [2.45, 2.75) is 32.7 Å². The normalized spacial score (nSPS) is 24.1. The van der Waals surface area contributed by atoms with Gasteiger partial charge in [0.25, 0.3) is 5.91 Å². The van der Waals surface area contributed by atoms with Gasteiger partial charge in [-0.25, -0.2) is 0 Å². The number of rotatable bonds is 2. The van der Waals surface area contributed by atoms with Crippen molar-refractivity contribution in [1.29, 1.82) is 0 Å². The largest absolute Gasteiger partial charge is 0.334 e. The van der Waals surface area contributed by atoms with E-state index < -0.39 is 0 Å². The molecule has 1 saturated heterocycles. The fourth-order valence-corrected chi connectivity index (χ4v) is 2.73. The first-order valence-electron chi connectivity index (χ1n) is 6.57. The number of amides is 1. The van der Waals surface area contributed by atoms with E-state index in [1.165, 1.54) is 0 Å². The number of aryl methyl sites for hydroxylation is 1. The molecule has 0 spiro atoms. The van der Waals surface area contributed by atoms with Crippen molar-refractivity contribution in [3.63, 3.8) is 0 Å². The molecule has 0 aliphatic carbocycles. The van der Waals surface area contributed by atoms with Crippen LogP contribution in [0.3, 0.4) is 0 Å². The molecule has 2 rings (SSSR count). The van der Waals surface area contributed by atoms with Crippen LogP contribution < -0.4 is 5.73 Å². The van der Waals surface area contributed by atoms with E-state index in [0.29, 0.717) is 18.0 Å². The van der Waals surface area contributed by atoms with Crippen LogP contribution in [-0.4, -0.2) is 34.9 Å². The Morgan fingerprint density at radius 1 is 1.61 bits per heavy atom. The third-order valence-corrected chi connectivity index (χ3v) is 3.86. The Hall–Kier alpha value is -1.42. The van der Waals surface area contributed by atoms with E-state index in [1.807, 2.05) is 24.0 Å². The smallest absolute Gasteiger partial charge is 0.255 e. The van der Waals surface area contributed by atoms with Gasteiger partial charge in [0, 0.05) is 31.0 Å². The number of likely N-dealkylation sites (tertiary alicyclic amines) is 1. The third-order valence-electron chi connectivity index (χ3n) is 3.86. The number of hydrogen-bond acceptors (Lipinski definition) is 3. The minimum atomic E-state index is 0.0719. The molecule has 1 aliphatic heterocycles. The summed E-state index contributed by atoms with van der Waals surface area (Å²) in [6, 6.07) is 3.81. The van der Waals surface area contributed by atoms with E-state index in [-0.39, 0.29) is 11.9 Å². The highest BCUT2D eigenvalue weighted by Gasteiger charge is 2.31. The van der Waals surface area contributed by atoms with Crippen molar-refractivity contribution in [1.82, 2.24) is 9.88 Å². The summed E-state index contributed by atoms with van der Waals surface area (Å²) >= 11 is 0. The van der Waals surface area contributed by atoms with E-state index in [9.17, 15) is 4.79 Å². The maximum absolute atomic E-state index is 12.6. The highest BCUT2D eigenvalue weighted by atomic mass is 16.2. The molecule has 2 N–H and O–H groups in total. The number of carbonyl (C=O) groups is 1. The summed E-state index contributed by atoms with van der Waals surface area (Å²) in [5.74, 6) is 0.548. The Morgan fingerprint density at radius 2 is 2.39 bits per heavy atom. The number of piperidine rings is 1. The first kappa shape index (κ1) is 13.0. The van der Waals surface area contributed by atoms with Gasteiger partial charge in [-0.15, -0.1) is 0 Å². The molecule has 0 radical (unpaired) electrons. The van der Waals surface area contributed by atoms with Crippen LogP contribution in [0.25, 0.3) is 0 Å². The minimum Gasteiger partial charge on any atom is -0.334 e. The first-order chi connectivity index (χ1) is 8.65. The summed E-state index contributed by atoms with van der Waals surface area (Å²) in [7, 11) is 0. The van der Waals surface area contributed by atoms with Gasteiger partial charge in [0.2, 0.25) is 0 Å². The highest BCUT2D eigenvalue weighted by Crippen LogP contribution is 2.24. The van der Waals surface area contributed by atoms with Crippen molar-refractivity contribution in [2.75, 3.05) is 13.1 Å². The van der Waals surface area contributed by atoms with Crippen LogP contribution in [-0.2, 0) is 0 Å². The summed E-state index contributed by atoms with van der Waals surface area (Å²) < 4.78 is 0.